The van der Waals surface area contributed by atoms with Crippen LogP contribution in [0.4, 0.5) is 0 Å². The van der Waals surface area contributed by atoms with Crippen molar-refractivity contribution in [1.82, 2.24) is 25.1 Å². The highest BCUT2D eigenvalue weighted by atomic mass is 32.2. The quantitative estimate of drug-likeness (QED) is 0.410. The summed E-state index contributed by atoms with van der Waals surface area (Å²) in [5.41, 5.74) is 2.89. The Kier molecular flexibility index (Phi) is 6.44. The molecule has 0 saturated carbocycles. The number of nitrogens with one attached hydrogen (secondary N) is 1. The molecule has 0 fully saturated rings. The highest BCUT2D eigenvalue weighted by Gasteiger charge is 2.22. The third-order valence-corrected chi connectivity index (χ3v) is 6.27. The minimum atomic E-state index is -0.239. The van der Waals surface area contributed by atoms with E-state index >= 15 is 0 Å². The van der Waals surface area contributed by atoms with Gasteiger partial charge in [0.05, 0.1) is 18.0 Å². The van der Waals surface area contributed by atoms with Crippen molar-refractivity contribution in [2.45, 2.75) is 18.2 Å². The number of amides is 1. The largest absolute Gasteiger partial charge is 0.486 e. The average Bonchev–Trinajstić information content (AvgIpc) is 3.30. The number of thioether (sulfide) groups is 1. The minimum Gasteiger partial charge on any atom is -0.486 e. The standard InChI is InChI=1S/C25H23N5O3S/c1-17-7-2-3-9-20(17)30-24(18-8-6-12-26-13-18)28-29-25(30)34-16-23(31)27-14-19-15-32-21-10-4-5-11-22(21)33-19/h2-13,19H,14-16H2,1H3,(H,27,31). The molecule has 1 unspecified atom stereocenters. The van der Waals surface area contributed by atoms with E-state index in [0.717, 1.165) is 22.6 Å². The van der Waals surface area contributed by atoms with Gasteiger partial charge in [-0.1, -0.05) is 42.1 Å². The van der Waals surface area contributed by atoms with Gasteiger partial charge in [-0.05, 0) is 42.8 Å². The van der Waals surface area contributed by atoms with Crippen molar-refractivity contribution in [1.29, 1.82) is 0 Å². The van der Waals surface area contributed by atoms with E-state index in [4.69, 9.17) is 9.47 Å². The number of rotatable bonds is 7. The van der Waals surface area contributed by atoms with Crippen molar-refractivity contribution in [3.8, 4) is 28.6 Å². The summed E-state index contributed by atoms with van der Waals surface area (Å²) in [6, 6.07) is 19.3. The molecular weight excluding hydrogens is 450 g/mol. The molecule has 2 aromatic carbocycles. The van der Waals surface area contributed by atoms with E-state index < -0.39 is 0 Å². The number of fused-ring (bicyclic) bond motifs is 1. The number of carbonyl (C=O) groups is 1. The van der Waals surface area contributed by atoms with Crippen LogP contribution in [0.5, 0.6) is 11.5 Å². The topological polar surface area (TPSA) is 91.2 Å². The van der Waals surface area contributed by atoms with Crippen LogP contribution in [0.3, 0.4) is 0 Å². The van der Waals surface area contributed by atoms with E-state index in [2.05, 4.69) is 20.5 Å². The van der Waals surface area contributed by atoms with E-state index in [1.165, 1.54) is 11.8 Å². The van der Waals surface area contributed by atoms with Gasteiger partial charge in [0.15, 0.2) is 22.5 Å². The van der Waals surface area contributed by atoms with Gasteiger partial charge in [-0.15, -0.1) is 10.2 Å². The van der Waals surface area contributed by atoms with Crippen molar-refractivity contribution < 1.29 is 14.3 Å². The van der Waals surface area contributed by atoms with Gasteiger partial charge in [0.1, 0.15) is 12.7 Å². The third-order valence-electron chi connectivity index (χ3n) is 5.34. The first-order valence-electron chi connectivity index (χ1n) is 10.9. The molecule has 1 N–H and O–H groups in total. The summed E-state index contributed by atoms with van der Waals surface area (Å²) in [5, 5.41) is 12.4. The molecule has 4 aromatic rings. The molecule has 0 aliphatic carbocycles. The number of hydrogen-bond donors (Lipinski definition) is 1. The maximum atomic E-state index is 12.6. The molecule has 3 heterocycles. The summed E-state index contributed by atoms with van der Waals surface area (Å²) < 4.78 is 13.6. The molecular formula is C25H23N5O3S. The predicted molar refractivity (Wildman–Crippen MR) is 129 cm³/mol. The van der Waals surface area contributed by atoms with Crippen molar-refractivity contribution in [2.24, 2.45) is 0 Å². The number of para-hydroxylation sites is 3. The molecule has 5 rings (SSSR count). The smallest absolute Gasteiger partial charge is 0.230 e. The van der Waals surface area contributed by atoms with Crippen LogP contribution < -0.4 is 14.8 Å². The van der Waals surface area contributed by atoms with Crippen LogP contribution in [-0.4, -0.2) is 50.7 Å². The SMILES string of the molecule is Cc1ccccc1-n1c(SCC(=O)NCC2COc3ccccc3O2)nnc1-c1cccnc1. The van der Waals surface area contributed by atoms with Gasteiger partial charge in [-0.25, -0.2) is 0 Å². The third kappa shape index (κ3) is 4.74. The zero-order valence-corrected chi connectivity index (χ0v) is 19.4. The van der Waals surface area contributed by atoms with E-state index in [-0.39, 0.29) is 17.8 Å². The Hall–Kier alpha value is -3.85. The lowest BCUT2D eigenvalue weighted by Gasteiger charge is -2.26. The first-order chi connectivity index (χ1) is 16.7. The van der Waals surface area contributed by atoms with Crippen LogP contribution in [0.2, 0.25) is 0 Å². The predicted octanol–water partition coefficient (Wildman–Crippen LogP) is 3.69. The molecule has 172 valence electrons. The van der Waals surface area contributed by atoms with Gasteiger partial charge in [0, 0.05) is 18.0 Å². The fourth-order valence-corrected chi connectivity index (χ4v) is 4.42. The van der Waals surface area contributed by atoms with Gasteiger partial charge < -0.3 is 14.8 Å². The van der Waals surface area contributed by atoms with Gasteiger partial charge >= 0.3 is 0 Å². The Labute approximate surface area is 201 Å². The summed E-state index contributed by atoms with van der Waals surface area (Å²) in [7, 11) is 0. The number of aryl methyl sites for hydroxylation is 1. The molecule has 34 heavy (non-hydrogen) atoms. The van der Waals surface area contributed by atoms with Crippen molar-refractivity contribution in [3.05, 3.63) is 78.6 Å². The van der Waals surface area contributed by atoms with Gasteiger partial charge in [0.25, 0.3) is 0 Å². The number of benzene rings is 2. The molecule has 9 heteroatoms. The molecule has 1 aliphatic rings. The monoisotopic (exact) mass is 473 g/mol. The van der Waals surface area contributed by atoms with Crippen molar-refractivity contribution in [3.63, 3.8) is 0 Å². The maximum absolute atomic E-state index is 12.6. The van der Waals surface area contributed by atoms with Crippen LogP contribution in [-0.2, 0) is 4.79 Å². The molecule has 8 nitrogen and oxygen atoms in total. The molecule has 0 radical (unpaired) electrons. The molecule has 1 aliphatic heterocycles. The number of nitrogens with zero attached hydrogens (tertiary/aromatic N) is 4. The lowest BCUT2D eigenvalue weighted by molar-refractivity contribution is -0.119. The second kappa shape index (κ2) is 9.96. The Morgan fingerprint density at radius 3 is 2.74 bits per heavy atom. The summed E-state index contributed by atoms with van der Waals surface area (Å²) in [6.45, 7) is 2.79. The Bertz CT molecular complexity index is 1290. The number of hydrogen-bond acceptors (Lipinski definition) is 7. The van der Waals surface area contributed by atoms with E-state index in [1.54, 1.807) is 12.4 Å². The zero-order chi connectivity index (χ0) is 23.3. The molecule has 1 atom stereocenters. The van der Waals surface area contributed by atoms with E-state index in [0.29, 0.717) is 29.9 Å². The van der Waals surface area contributed by atoms with Crippen molar-refractivity contribution >= 4 is 17.7 Å². The molecule has 0 bridgehead atoms. The highest BCUT2D eigenvalue weighted by molar-refractivity contribution is 7.99. The molecule has 0 saturated heterocycles. The first-order valence-corrected chi connectivity index (χ1v) is 11.9. The van der Waals surface area contributed by atoms with Crippen molar-refractivity contribution in [2.75, 3.05) is 18.9 Å². The van der Waals surface area contributed by atoms with E-state index in [9.17, 15) is 4.79 Å². The Morgan fingerprint density at radius 2 is 1.91 bits per heavy atom. The minimum absolute atomic E-state index is 0.116. The second-order valence-electron chi connectivity index (χ2n) is 7.76. The van der Waals surface area contributed by atoms with Crippen LogP contribution in [0.15, 0.2) is 78.2 Å². The number of pyridine rings is 1. The average molecular weight is 474 g/mol. The summed E-state index contributed by atoms with van der Waals surface area (Å²) in [5.74, 6) is 2.17. The Balaban J connectivity index is 1.27. The lowest BCUT2D eigenvalue weighted by Crippen LogP contribution is -2.41. The lowest BCUT2D eigenvalue weighted by atomic mass is 10.2. The summed E-state index contributed by atoms with van der Waals surface area (Å²) in [4.78, 5) is 16.8. The molecule has 0 spiro atoms. The van der Waals surface area contributed by atoms with Crippen LogP contribution in [0.25, 0.3) is 17.1 Å². The fourth-order valence-electron chi connectivity index (χ4n) is 3.65. The second-order valence-corrected chi connectivity index (χ2v) is 8.70. The zero-order valence-electron chi connectivity index (χ0n) is 18.5. The number of ether oxygens (including phenoxy) is 2. The summed E-state index contributed by atoms with van der Waals surface area (Å²) >= 11 is 1.33. The number of aromatic nitrogens is 4. The van der Waals surface area contributed by atoms with Gasteiger partial charge in [-0.3, -0.25) is 14.3 Å². The van der Waals surface area contributed by atoms with Crippen LogP contribution in [0.1, 0.15) is 5.56 Å². The number of carbonyl (C=O) groups excluding carboxylic acids is 1. The van der Waals surface area contributed by atoms with Crippen LogP contribution >= 0.6 is 11.8 Å². The summed E-state index contributed by atoms with van der Waals surface area (Å²) in [6.07, 6.45) is 3.23. The maximum Gasteiger partial charge on any atom is 0.230 e. The highest BCUT2D eigenvalue weighted by Crippen LogP contribution is 2.31. The molecule has 2 aromatic heterocycles. The van der Waals surface area contributed by atoms with Crippen LogP contribution in [0, 0.1) is 6.92 Å². The fraction of sp³-hybridized carbons (Fsp3) is 0.200. The normalized spacial score (nSPS) is 14.6. The first kappa shape index (κ1) is 22.0. The van der Waals surface area contributed by atoms with Gasteiger partial charge in [-0.2, -0.15) is 0 Å². The van der Waals surface area contributed by atoms with E-state index in [1.807, 2.05) is 72.2 Å². The Morgan fingerprint density at radius 1 is 1.09 bits per heavy atom. The van der Waals surface area contributed by atoms with Gasteiger partial charge in [0.2, 0.25) is 5.91 Å². The molecule has 1 amide bonds.